The van der Waals surface area contributed by atoms with Crippen molar-refractivity contribution in [2.45, 2.75) is 32.3 Å². The van der Waals surface area contributed by atoms with Crippen molar-refractivity contribution in [2.75, 3.05) is 25.1 Å². The van der Waals surface area contributed by atoms with Crippen LogP contribution in [-0.4, -0.2) is 42.8 Å². The maximum absolute atomic E-state index is 12.4. The third-order valence-electron chi connectivity index (χ3n) is 4.28. The molecule has 28 heavy (non-hydrogen) atoms. The predicted octanol–water partition coefficient (Wildman–Crippen LogP) is 3.46. The van der Waals surface area contributed by atoms with Crippen LogP contribution in [0.1, 0.15) is 46.9 Å². The molecule has 2 heterocycles. The highest BCUT2D eigenvalue weighted by Gasteiger charge is 2.18. The molecule has 3 rings (SSSR count). The Bertz CT molecular complexity index is 783. The van der Waals surface area contributed by atoms with Crippen molar-refractivity contribution in [3.63, 3.8) is 0 Å². The molecular formula is C21H24N2O5. The van der Waals surface area contributed by atoms with Crippen molar-refractivity contribution in [1.82, 2.24) is 4.98 Å². The fourth-order valence-corrected chi connectivity index (χ4v) is 2.65. The van der Waals surface area contributed by atoms with Crippen LogP contribution in [-0.2, 0) is 9.47 Å². The minimum absolute atomic E-state index is 0.0133. The van der Waals surface area contributed by atoms with E-state index in [0.29, 0.717) is 42.5 Å². The number of esters is 1. The van der Waals surface area contributed by atoms with Gasteiger partial charge in [0.1, 0.15) is 6.10 Å². The van der Waals surface area contributed by atoms with Crippen molar-refractivity contribution < 1.29 is 23.8 Å². The second-order valence-electron chi connectivity index (χ2n) is 6.51. The molecule has 1 amide bonds. The molecule has 1 N–H and O–H groups in total. The van der Waals surface area contributed by atoms with Crippen LogP contribution in [0.4, 0.5) is 5.69 Å². The molecule has 1 aromatic carbocycles. The summed E-state index contributed by atoms with van der Waals surface area (Å²) in [6.45, 7) is 3.70. The average molecular weight is 384 g/mol. The highest BCUT2D eigenvalue weighted by atomic mass is 16.5. The van der Waals surface area contributed by atoms with Crippen LogP contribution >= 0.6 is 0 Å². The predicted molar refractivity (Wildman–Crippen MR) is 104 cm³/mol. The molecule has 1 aromatic heterocycles. The van der Waals surface area contributed by atoms with Crippen molar-refractivity contribution in [2.24, 2.45) is 0 Å². The van der Waals surface area contributed by atoms with E-state index in [1.807, 2.05) is 6.92 Å². The van der Waals surface area contributed by atoms with Crippen LogP contribution in [0.15, 0.2) is 42.6 Å². The van der Waals surface area contributed by atoms with Crippen LogP contribution in [0.25, 0.3) is 0 Å². The van der Waals surface area contributed by atoms with E-state index < -0.39 is 0 Å². The Morgan fingerprint density at radius 2 is 1.96 bits per heavy atom. The van der Waals surface area contributed by atoms with E-state index in [9.17, 15) is 9.59 Å². The van der Waals surface area contributed by atoms with E-state index in [1.54, 1.807) is 36.4 Å². The summed E-state index contributed by atoms with van der Waals surface area (Å²) in [5.41, 5.74) is 1.45. The quantitative estimate of drug-likeness (QED) is 0.554. The molecule has 1 fully saturated rings. The highest BCUT2D eigenvalue weighted by molar-refractivity contribution is 6.04. The molecule has 1 aliphatic rings. The topological polar surface area (TPSA) is 86.8 Å². The largest absolute Gasteiger partial charge is 0.472 e. The minimum Gasteiger partial charge on any atom is -0.472 e. The lowest BCUT2D eigenvalue weighted by Crippen LogP contribution is -2.17. The van der Waals surface area contributed by atoms with Crippen LogP contribution in [0.5, 0.6) is 5.88 Å². The number of rotatable bonds is 8. The Balaban J connectivity index is 1.53. The molecule has 1 atom stereocenters. The first-order valence-corrected chi connectivity index (χ1v) is 9.44. The van der Waals surface area contributed by atoms with Crippen molar-refractivity contribution in [3.8, 4) is 5.88 Å². The van der Waals surface area contributed by atoms with Crippen molar-refractivity contribution in [3.05, 3.63) is 53.7 Å². The first-order valence-electron chi connectivity index (χ1n) is 9.44. The van der Waals surface area contributed by atoms with E-state index in [0.717, 1.165) is 19.3 Å². The number of nitrogens with zero attached hydrogens (tertiary/aromatic N) is 1. The number of hydrogen-bond acceptors (Lipinski definition) is 6. The molecule has 0 bridgehead atoms. The smallest absolute Gasteiger partial charge is 0.338 e. The molecule has 7 heteroatoms. The first-order chi connectivity index (χ1) is 13.7. The maximum Gasteiger partial charge on any atom is 0.338 e. The summed E-state index contributed by atoms with van der Waals surface area (Å²) in [6.07, 6.45) is 4.13. The number of hydrogen-bond donors (Lipinski definition) is 1. The molecule has 0 spiro atoms. The number of unbranched alkanes of at least 4 members (excludes halogenated alkanes) is 1. The number of anilines is 1. The average Bonchev–Trinajstić information content (AvgIpc) is 3.22. The fourth-order valence-electron chi connectivity index (χ4n) is 2.65. The van der Waals surface area contributed by atoms with Gasteiger partial charge in [-0.05, 0) is 36.8 Å². The molecule has 1 saturated heterocycles. The van der Waals surface area contributed by atoms with Crippen LogP contribution in [0.2, 0.25) is 0 Å². The summed E-state index contributed by atoms with van der Waals surface area (Å²) in [7, 11) is 0. The normalized spacial score (nSPS) is 15.8. The highest BCUT2D eigenvalue weighted by Crippen LogP contribution is 2.16. The second kappa shape index (κ2) is 9.85. The zero-order valence-corrected chi connectivity index (χ0v) is 15.8. The molecule has 0 saturated carbocycles. The summed E-state index contributed by atoms with van der Waals surface area (Å²) in [5.74, 6) is -0.182. The minimum atomic E-state index is -0.362. The van der Waals surface area contributed by atoms with Gasteiger partial charge < -0.3 is 19.5 Å². The van der Waals surface area contributed by atoms with E-state index in [2.05, 4.69) is 10.3 Å². The van der Waals surface area contributed by atoms with Gasteiger partial charge in [0.25, 0.3) is 5.91 Å². The lowest BCUT2D eigenvalue weighted by molar-refractivity contribution is 0.0499. The molecule has 1 aliphatic heterocycles. The van der Waals surface area contributed by atoms with Gasteiger partial charge in [-0.3, -0.25) is 4.79 Å². The zero-order chi connectivity index (χ0) is 19.8. The summed E-state index contributed by atoms with van der Waals surface area (Å²) in [6, 6.07) is 9.92. The lowest BCUT2D eigenvalue weighted by atomic mass is 10.2. The Morgan fingerprint density at radius 1 is 1.18 bits per heavy atom. The standard InChI is InChI=1S/C21H24N2O5/c1-2-3-11-27-21(25)15-4-7-17(8-5-15)23-20(24)16-6-9-19(22-13-16)28-18-10-12-26-14-18/h4-9,13,18H,2-3,10-12,14H2,1H3,(H,23,24). The molecule has 148 valence electrons. The number of ether oxygens (including phenoxy) is 3. The SMILES string of the molecule is CCCCOC(=O)c1ccc(NC(=O)c2ccc(OC3CCOC3)nc2)cc1. The monoisotopic (exact) mass is 384 g/mol. The molecule has 0 aliphatic carbocycles. The Hall–Kier alpha value is -2.93. The number of nitrogens with one attached hydrogen (secondary N) is 1. The number of pyridine rings is 1. The summed E-state index contributed by atoms with van der Waals surface area (Å²) >= 11 is 0. The van der Waals surface area contributed by atoms with Gasteiger partial charge in [0, 0.05) is 24.4 Å². The van der Waals surface area contributed by atoms with Gasteiger partial charge in [-0.2, -0.15) is 0 Å². The van der Waals surface area contributed by atoms with Gasteiger partial charge in [0.05, 0.1) is 30.9 Å². The third-order valence-corrected chi connectivity index (χ3v) is 4.28. The molecule has 1 unspecified atom stereocenters. The van der Waals surface area contributed by atoms with Gasteiger partial charge in [0.2, 0.25) is 5.88 Å². The second-order valence-corrected chi connectivity index (χ2v) is 6.51. The van der Waals surface area contributed by atoms with Gasteiger partial charge in [-0.15, -0.1) is 0 Å². The molecule has 7 nitrogen and oxygen atoms in total. The van der Waals surface area contributed by atoms with Crippen molar-refractivity contribution >= 4 is 17.6 Å². The number of benzene rings is 1. The zero-order valence-electron chi connectivity index (χ0n) is 15.8. The van der Waals surface area contributed by atoms with Crippen LogP contribution < -0.4 is 10.1 Å². The van der Waals surface area contributed by atoms with Gasteiger partial charge in [-0.1, -0.05) is 13.3 Å². The number of carbonyl (C=O) groups excluding carboxylic acids is 2. The summed E-state index contributed by atoms with van der Waals surface area (Å²) in [5, 5.41) is 2.78. The molecule has 0 radical (unpaired) electrons. The number of amides is 1. The molecular weight excluding hydrogens is 360 g/mol. The Kier molecular flexibility index (Phi) is 6.97. The Labute approximate surface area is 164 Å². The fraction of sp³-hybridized carbons (Fsp3) is 0.381. The van der Waals surface area contributed by atoms with E-state index in [-0.39, 0.29) is 18.0 Å². The first kappa shape index (κ1) is 19.8. The third kappa shape index (κ3) is 5.53. The van der Waals surface area contributed by atoms with E-state index >= 15 is 0 Å². The van der Waals surface area contributed by atoms with Gasteiger partial charge in [0.15, 0.2) is 0 Å². The summed E-state index contributed by atoms with van der Waals surface area (Å²) in [4.78, 5) is 28.4. The van der Waals surface area contributed by atoms with Gasteiger partial charge >= 0.3 is 5.97 Å². The maximum atomic E-state index is 12.4. The van der Waals surface area contributed by atoms with Crippen LogP contribution in [0.3, 0.4) is 0 Å². The Morgan fingerprint density at radius 3 is 2.61 bits per heavy atom. The van der Waals surface area contributed by atoms with E-state index in [4.69, 9.17) is 14.2 Å². The number of aromatic nitrogens is 1. The van der Waals surface area contributed by atoms with Gasteiger partial charge in [-0.25, -0.2) is 9.78 Å². The van der Waals surface area contributed by atoms with Crippen LogP contribution in [0, 0.1) is 0 Å². The number of carbonyl (C=O) groups is 2. The van der Waals surface area contributed by atoms with Crippen molar-refractivity contribution in [1.29, 1.82) is 0 Å². The summed E-state index contributed by atoms with van der Waals surface area (Å²) < 4.78 is 16.1. The molecule has 2 aromatic rings. The van der Waals surface area contributed by atoms with E-state index in [1.165, 1.54) is 6.20 Å². The lowest BCUT2D eigenvalue weighted by Gasteiger charge is -2.11.